The number of carbonyl (C=O) groups excluding carboxylic acids is 1. The largest absolute Gasteiger partial charge is 0.321 e. The first-order chi connectivity index (χ1) is 9.15. The van der Waals surface area contributed by atoms with Gasteiger partial charge in [-0.3, -0.25) is 4.79 Å². The fraction of sp³-hybridized carbons (Fsp3) is 0. The monoisotopic (exact) mass is 275 g/mol. The molecule has 2 aromatic rings. The maximum atomic E-state index is 12.7. The van der Waals surface area contributed by atoms with E-state index in [9.17, 15) is 9.18 Å². The Labute approximate surface area is 115 Å². The normalized spacial score (nSPS) is 11.2. The zero-order valence-corrected chi connectivity index (χ0v) is 10.7. The van der Waals surface area contributed by atoms with E-state index in [1.165, 1.54) is 24.3 Å². The molecule has 2 aromatic carbocycles. The molecule has 0 heterocycles. The van der Waals surface area contributed by atoms with Crippen molar-refractivity contribution in [3.05, 3.63) is 71.0 Å². The zero-order valence-electron chi connectivity index (χ0n) is 9.94. The molecule has 0 aromatic heterocycles. The minimum absolute atomic E-state index is 0.0653. The molecule has 96 valence electrons. The van der Waals surface area contributed by atoms with E-state index in [0.29, 0.717) is 5.69 Å². The highest BCUT2D eigenvalue weighted by molar-refractivity contribution is 6.45. The van der Waals surface area contributed by atoms with Gasteiger partial charge >= 0.3 is 0 Å². The van der Waals surface area contributed by atoms with Gasteiger partial charge in [0, 0.05) is 5.69 Å². The van der Waals surface area contributed by atoms with Crippen LogP contribution >= 0.6 is 11.6 Å². The van der Waals surface area contributed by atoms with Crippen molar-refractivity contribution < 1.29 is 9.18 Å². The molecule has 2 rings (SSSR count). The van der Waals surface area contributed by atoms with Crippen LogP contribution in [0.5, 0.6) is 0 Å². The molecule has 0 atom stereocenters. The summed E-state index contributed by atoms with van der Waals surface area (Å²) >= 11 is 5.92. The van der Waals surface area contributed by atoms with Crippen LogP contribution < -0.4 is 5.32 Å². The van der Waals surface area contributed by atoms with Crippen LogP contribution in [0.2, 0.25) is 0 Å². The molecular weight excluding hydrogens is 265 g/mol. The Hall–Kier alpha value is -2.13. The lowest BCUT2D eigenvalue weighted by Gasteiger charge is -2.04. The summed E-state index contributed by atoms with van der Waals surface area (Å²) in [6.45, 7) is 0. The van der Waals surface area contributed by atoms with Crippen molar-refractivity contribution in [1.82, 2.24) is 0 Å². The summed E-state index contributed by atoms with van der Waals surface area (Å²) in [6, 6.07) is 14.8. The zero-order chi connectivity index (χ0) is 13.7. The standard InChI is InChI=1S/C15H11ClFNO/c16-14(10-11-4-2-1-3-5-11)15(19)18-13-8-6-12(17)7-9-13/h1-10H,(H,18,19). The number of carbonyl (C=O) groups is 1. The van der Waals surface area contributed by atoms with Crippen molar-refractivity contribution in [1.29, 1.82) is 0 Å². The van der Waals surface area contributed by atoms with Gasteiger partial charge < -0.3 is 5.32 Å². The predicted molar refractivity (Wildman–Crippen MR) is 75.3 cm³/mol. The second-order valence-electron chi connectivity index (χ2n) is 3.86. The van der Waals surface area contributed by atoms with Gasteiger partial charge in [-0.1, -0.05) is 41.9 Å². The van der Waals surface area contributed by atoms with Crippen LogP contribution in [0, 0.1) is 5.82 Å². The van der Waals surface area contributed by atoms with Crippen LogP contribution in [0.3, 0.4) is 0 Å². The first-order valence-electron chi connectivity index (χ1n) is 5.64. The van der Waals surface area contributed by atoms with E-state index in [1.807, 2.05) is 30.3 Å². The molecule has 0 saturated carbocycles. The summed E-state index contributed by atoms with van der Waals surface area (Å²) in [4.78, 5) is 11.8. The molecule has 0 spiro atoms. The number of nitrogens with one attached hydrogen (secondary N) is 1. The van der Waals surface area contributed by atoms with E-state index in [0.717, 1.165) is 5.56 Å². The Kier molecular flexibility index (Phi) is 4.31. The van der Waals surface area contributed by atoms with Gasteiger partial charge in [0.05, 0.1) is 0 Å². The van der Waals surface area contributed by atoms with Crippen LogP contribution in [0.15, 0.2) is 59.6 Å². The van der Waals surface area contributed by atoms with E-state index in [-0.39, 0.29) is 10.8 Å². The Morgan fingerprint density at radius 2 is 1.68 bits per heavy atom. The number of benzene rings is 2. The maximum Gasteiger partial charge on any atom is 0.267 e. The average molecular weight is 276 g/mol. The summed E-state index contributed by atoms with van der Waals surface area (Å²) in [5.41, 5.74) is 1.33. The molecule has 0 aliphatic rings. The minimum atomic E-state index is -0.433. The van der Waals surface area contributed by atoms with Crippen molar-refractivity contribution in [2.75, 3.05) is 5.32 Å². The lowest BCUT2D eigenvalue weighted by molar-refractivity contribution is -0.112. The smallest absolute Gasteiger partial charge is 0.267 e. The van der Waals surface area contributed by atoms with Crippen LogP contribution in [0.4, 0.5) is 10.1 Å². The summed E-state index contributed by atoms with van der Waals surface area (Å²) in [7, 11) is 0. The van der Waals surface area contributed by atoms with Crippen LogP contribution in [-0.2, 0) is 4.79 Å². The number of hydrogen-bond acceptors (Lipinski definition) is 1. The molecule has 1 amide bonds. The molecule has 19 heavy (non-hydrogen) atoms. The number of halogens is 2. The Balaban J connectivity index is 2.07. The third-order valence-electron chi connectivity index (χ3n) is 2.41. The van der Waals surface area contributed by atoms with Gasteiger partial charge in [-0.25, -0.2) is 4.39 Å². The summed E-state index contributed by atoms with van der Waals surface area (Å²) < 4.78 is 12.7. The number of amides is 1. The van der Waals surface area contributed by atoms with Crippen LogP contribution in [-0.4, -0.2) is 5.91 Å². The molecule has 0 unspecified atom stereocenters. The van der Waals surface area contributed by atoms with E-state index >= 15 is 0 Å². The third kappa shape index (κ3) is 3.93. The molecule has 2 nitrogen and oxygen atoms in total. The molecular formula is C15H11ClFNO. The third-order valence-corrected chi connectivity index (χ3v) is 2.69. The maximum absolute atomic E-state index is 12.7. The quantitative estimate of drug-likeness (QED) is 0.842. The number of rotatable bonds is 3. The molecule has 0 saturated heterocycles. The Morgan fingerprint density at radius 1 is 1.05 bits per heavy atom. The van der Waals surface area contributed by atoms with Crippen LogP contribution in [0.25, 0.3) is 6.08 Å². The molecule has 0 bridgehead atoms. The van der Waals surface area contributed by atoms with E-state index < -0.39 is 5.91 Å². The summed E-state index contributed by atoms with van der Waals surface area (Å²) in [5, 5.41) is 2.65. The second kappa shape index (κ2) is 6.16. The highest BCUT2D eigenvalue weighted by Crippen LogP contribution is 2.14. The van der Waals surface area contributed by atoms with E-state index in [2.05, 4.69) is 5.32 Å². The van der Waals surface area contributed by atoms with Crippen molar-refractivity contribution in [3.8, 4) is 0 Å². The van der Waals surface area contributed by atoms with Gasteiger partial charge in [-0.2, -0.15) is 0 Å². The number of anilines is 1. The van der Waals surface area contributed by atoms with Gasteiger partial charge in [0.25, 0.3) is 5.91 Å². The van der Waals surface area contributed by atoms with Crippen molar-refractivity contribution >= 4 is 29.3 Å². The fourth-order valence-electron chi connectivity index (χ4n) is 1.49. The highest BCUT2D eigenvalue weighted by atomic mass is 35.5. The predicted octanol–water partition coefficient (Wildman–Crippen LogP) is 4.04. The molecule has 0 aliphatic carbocycles. The fourth-order valence-corrected chi connectivity index (χ4v) is 1.66. The summed E-state index contributed by atoms with van der Waals surface area (Å²) in [5.74, 6) is -0.791. The van der Waals surface area contributed by atoms with Crippen molar-refractivity contribution in [2.24, 2.45) is 0 Å². The second-order valence-corrected chi connectivity index (χ2v) is 4.27. The number of hydrogen-bond donors (Lipinski definition) is 1. The SMILES string of the molecule is O=C(Nc1ccc(F)cc1)C(Cl)=Cc1ccccc1. The average Bonchev–Trinajstić information content (AvgIpc) is 2.42. The first-order valence-corrected chi connectivity index (χ1v) is 6.02. The highest BCUT2D eigenvalue weighted by Gasteiger charge is 2.07. The van der Waals surface area contributed by atoms with E-state index in [1.54, 1.807) is 6.08 Å². The first kappa shape index (κ1) is 13.3. The summed E-state index contributed by atoms with van der Waals surface area (Å²) in [6.07, 6.45) is 1.57. The molecule has 0 aliphatic heterocycles. The molecule has 1 N–H and O–H groups in total. The van der Waals surface area contributed by atoms with Crippen molar-refractivity contribution in [3.63, 3.8) is 0 Å². The van der Waals surface area contributed by atoms with Gasteiger partial charge in [0.1, 0.15) is 10.8 Å². The Bertz CT molecular complexity index is 593. The molecule has 4 heteroatoms. The lowest BCUT2D eigenvalue weighted by Crippen LogP contribution is -2.11. The topological polar surface area (TPSA) is 29.1 Å². The van der Waals surface area contributed by atoms with Crippen molar-refractivity contribution in [2.45, 2.75) is 0 Å². The van der Waals surface area contributed by atoms with Gasteiger partial charge in [0.2, 0.25) is 0 Å². The van der Waals surface area contributed by atoms with Crippen LogP contribution in [0.1, 0.15) is 5.56 Å². The Morgan fingerprint density at radius 3 is 2.32 bits per heavy atom. The van der Waals surface area contributed by atoms with Gasteiger partial charge in [-0.15, -0.1) is 0 Å². The lowest BCUT2D eigenvalue weighted by atomic mass is 10.2. The van der Waals surface area contributed by atoms with Gasteiger partial charge in [0.15, 0.2) is 0 Å². The molecule has 0 radical (unpaired) electrons. The van der Waals surface area contributed by atoms with E-state index in [4.69, 9.17) is 11.6 Å². The molecule has 0 fully saturated rings. The van der Waals surface area contributed by atoms with Gasteiger partial charge in [-0.05, 0) is 35.9 Å². The minimum Gasteiger partial charge on any atom is -0.321 e.